The number of methoxy groups -OCH3 is 2. The number of ether oxygens (including phenoxy) is 5. The average molecular weight is 823 g/mol. The maximum atomic E-state index is 14.1. The lowest BCUT2D eigenvalue weighted by molar-refractivity contribution is -0.132. The number of primary amides is 1. The lowest BCUT2D eigenvalue weighted by Crippen LogP contribution is -2.49. The number of nitrogens with one attached hydrogen (secondary N) is 1. The van der Waals surface area contributed by atoms with Crippen molar-refractivity contribution >= 4 is 30.3 Å². The van der Waals surface area contributed by atoms with Crippen LogP contribution in [0.15, 0.2) is 146 Å². The summed E-state index contributed by atoms with van der Waals surface area (Å²) in [6.45, 7) is 5.48. The van der Waals surface area contributed by atoms with Crippen molar-refractivity contribution in [3.63, 3.8) is 0 Å². The number of hydrogen-bond acceptors (Lipinski definition) is 9. The SMILES string of the molecule is COc1cc(C=Cc2ccc(OC(=O)OCCNC(=O)C(OC(N)=O)C(c3nccn3C(c3ccccc3)(c3ccccc3)c3ccccc3)C(C)(C)C)cc2)cc(OC)c1. The molecule has 0 radical (unpaired) electrons. The third kappa shape index (κ3) is 10.3. The van der Waals surface area contributed by atoms with Gasteiger partial charge in [0, 0.05) is 18.5 Å². The molecule has 0 aliphatic heterocycles. The number of aromatic nitrogens is 2. The molecule has 314 valence electrons. The molecule has 2 atom stereocenters. The minimum Gasteiger partial charge on any atom is -0.497 e. The molecule has 12 nitrogen and oxygen atoms in total. The molecular formula is C49H50N4O8. The van der Waals surface area contributed by atoms with Gasteiger partial charge in [-0.05, 0) is 57.5 Å². The minimum atomic E-state index is -1.43. The number of hydrogen-bond donors (Lipinski definition) is 2. The fourth-order valence-corrected chi connectivity index (χ4v) is 7.46. The summed E-state index contributed by atoms with van der Waals surface area (Å²) < 4.78 is 29.0. The zero-order chi connectivity index (χ0) is 43.4. The van der Waals surface area contributed by atoms with Crippen molar-refractivity contribution < 1.29 is 38.1 Å². The molecule has 1 aromatic heterocycles. The lowest BCUT2D eigenvalue weighted by atomic mass is 9.73. The van der Waals surface area contributed by atoms with Crippen LogP contribution >= 0.6 is 0 Å². The summed E-state index contributed by atoms with van der Waals surface area (Å²) in [6, 6.07) is 42.5. The second kappa shape index (κ2) is 19.6. The highest BCUT2D eigenvalue weighted by Gasteiger charge is 2.47. The number of carbonyl (C=O) groups excluding carboxylic acids is 3. The van der Waals surface area contributed by atoms with Crippen LogP contribution in [0.2, 0.25) is 0 Å². The number of imidazole rings is 1. The normalized spacial score (nSPS) is 12.5. The van der Waals surface area contributed by atoms with Gasteiger partial charge in [0.1, 0.15) is 35.2 Å². The molecule has 0 bridgehead atoms. The topological polar surface area (TPSA) is 153 Å². The van der Waals surface area contributed by atoms with Crippen molar-refractivity contribution in [2.45, 2.75) is 38.3 Å². The van der Waals surface area contributed by atoms with E-state index in [1.807, 2.05) is 110 Å². The fourth-order valence-electron chi connectivity index (χ4n) is 7.46. The Hall–Kier alpha value is -7.34. The Morgan fingerprint density at radius 2 is 1.25 bits per heavy atom. The molecule has 1 heterocycles. The summed E-state index contributed by atoms with van der Waals surface area (Å²) in [7, 11) is 3.19. The first-order valence-corrected chi connectivity index (χ1v) is 19.7. The van der Waals surface area contributed by atoms with Crippen LogP contribution in [0.1, 0.15) is 60.3 Å². The van der Waals surface area contributed by atoms with Gasteiger partial charge in [0.05, 0.1) is 26.7 Å². The summed E-state index contributed by atoms with van der Waals surface area (Å²) in [4.78, 5) is 44.2. The molecule has 0 fully saturated rings. The van der Waals surface area contributed by atoms with Crippen molar-refractivity contribution in [3.05, 3.63) is 179 Å². The first-order valence-electron chi connectivity index (χ1n) is 19.7. The Labute approximate surface area is 355 Å². The standard InChI is InChI=1S/C49H50N4O8/c1-48(2,3)42(44-51-27-29-53(44)49(36-15-9-6-10-16-36,37-17-11-7-12-18-37)38-19-13-8-14-20-38)43(61-46(50)55)45(54)52-28-30-59-47(56)60-39-25-23-34(24-26-39)21-22-35-31-40(57-4)33-41(32-35)58-5/h6-27,29,31-33,42-43H,28,30H2,1-5H3,(H2,50,55)(H,52,54). The molecule has 2 amide bonds. The zero-order valence-corrected chi connectivity index (χ0v) is 34.8. The summed E-state index contributed by atoms with van der Waals surface area (Å²) in [5.74, 6) is 0.618. The van der Waals surface area contributed by atoms with Crippen LogP contribution in [0.25, 0.3) is 12.2 Å². The minimum absolute atomic E-state index is 0.112. The third-order valence-electron chi connectivity index (χ3n) is 10.2. The van der Waals surface area contributed by atoms with E-state index in [9.17, 15) is 14.4 Å². The molecule has 2 unspecified atom stereocenters. The van der Waals surface area contributed by atoms with E-state index in [-0.39, 0.29) is 18.9 Å². The quantitative estimate of drug-likeness (QED) is 0.0321. The van der Waals surface area contributed by atoms with Crippen LogP contribution in [-0.4, -0.2) is 61.2 Å². The molecule has 0 saturated heterocycles. The highest BCUT2D eigenvalue weighted by molar-refractivity contribution is 5.84. The monoisotopic (exact) mass is 822 g/mol. The Kier molecular flexibility index (Phi) is 13.9. The molecule has 0 spiro atoms. The Balaban J connectivity index is 1.19. The molecular weight excluding hydrogens is 773 g/mol. The number of nitrogens with two attached hydrogens (primary N) is 1. The second-order valence-electron chi connectivity index (χ2n) is 15.2. The molecule has 61 heavy (non-hydrogen) atoms. The van der Waals surface area contributed by atoms with E-state index >= 15 is 0 Å². The van der Waals surface area contributed by atoms with Crippen molar-refractivity contribution in [1.29, 1.82) is 0 Å². The van der Waals surface area contributed by atoms with Crippen LogP contribution in [0.4, 0.5) is 9.59 Å². The van der Waals surface area contributed by atoms with Crippen molar-refractivity contribution in [2.75, 3.05) is 27.4 Å². The van der Waals surface area contributed by atoms with E-state index in [1.54, 1.807) is 50.7 Å². The van der Waals surface area contributed by atoms with Gasteiger partial charge in [0.2, 0.25) is 0 Å². The average Bonchev–Trinajstić information content (AvgIpc) is 3.74. The first kappa shape index (κ1) is 43.2. The lowest BCUT2D eigenvalue weighted by Gasteiger charge is -2.42. The van der Waals surface area contributed by atoms with Gasteiger partial charge in [-0.2, -0.15) is 0 Å². The molecule has 6 aromatic rings. The van der Waals surface area contributed by atoms with Crippen LogP contribution < -0.4 is 25.3 Å². The number of benzene rings is 5. The van der Waals surface area contributed by atoms with E-state index in [0.29, 0.717) is 17.3 Å². The molecule has 6 rings (SSSR count). The van der Waals surface area contributed by atoms with E-state index in [1.165, 1.54) is 0 Å². The van der Waals surface area contributed by atoms with Crippen molar-refractivity contribution in [3.8, 4) is 17.2 Å². The van der Waals surface area contributed by atoms with E-state index in [4.69, 9.17) is 34.4 Å². The van der Waals surface area contributed by atoms with Crippen LogP contribution in [0, 0.1) is 5.41 Å². The second-order valence-corrected chi connectivity index (χ2v) is 15.2. The van der Waals surface area contributed by atoms with Gasteiger partial charge < -0.3 is 39.3 Å². The third-order valence-corrected chi connectivity index (χ3v) is 10.2. The number of nitrogens with zero attached hydrogens (tertiary/aromatic N) is 2. The van der Waals surface area contributed by atoms with Gasteiger partial charge in [-0.1, -0.05) is 136 Å². The van der Waals surface area contributed by atoms with Gasteiger partial charge in [0.25, 0.3) is 5.91 Å². The highest BCUT2D eigenvalue weighted by Crippen LogP contribution is 2.46. The van der Waals surface area contributed by atoms with Gasteiger partial charge in [-0.3, -0.25) is 4.79 Å². The summed E-state index contributed by atoms with van der Waals surface area (Å²) in [5, 5.41) is 2.76. The van der Waals surface area contributed by atoms with Crippen LogP contribution in [0.3, 0.4) is 0 Å². The Morgan fingerprint density at radius 1 is 0.721 bits per heavy atom. The molecule has 0 aliphatic rings. The van der Waals surface area contributed by atoms with Crippen molar-refractivity contribution in [1.82, 2.24) is 14.9 Å². The van der Waals surface area contributed by atoms with Gasteiger partial charge in [-0.25, -0.2) is 14.6 Å². The van der Waals surface area contributed by atoms with E-state index in [2.05, 4.69) is 41.7 Å². The summed E-state index contributed by atoms with van der Waals surface area (Å²) >= 11 is 0. The molecule has 3 N–H and O–H groups in total. The van der Waals surface area contributed by atoms with E-state index < -0.39 is 41.1 Å². The molecule has 0 saturated carbocycles. The fraction of sp³-hybridized carbons (Fsp3) is 0.224. The van der Waals surface area contributed by atoms with Gasteiger partial charge in [0.15, 0.2) is 6.10 Å². The van der Waals surface area contributed by atoms with Gasteiger partial charge in [-0.15, -0.1) is 0 Å². The van der Waals surface area contributed by atoms with Gasteiger partial charge >= 0.3 is 12.2 Å². The zero-order valence-electron chi connectivity index (χ0n) is 34.8. The molecule has 0 aliphatic carbocycles. The highest BCUT2D eigenvalue weighted by atomic mass is 16.7. The molecule has 5 aromatic carbocycles. The first-order chi connectivity index (χ1) is 29.4. The maximum Gasteiger partial charge on any atom is 0.513 e. The number of rotatable bonds is 16. The predicted octanol–water partition coefficient (Wildman–Crippen LogP) is 8.84. The van der Waals surface area contributed by atoms with Crippen LogP contribution in [-0.2, 0) is 19.8 Å². The summed E-state index contributed by atoms with van der Waals surface area (Å²) in [6.07, 6.45) is 3.86. The van der Waals surface area contributed by atoms with Crippen molar-refractivity contribution in [2.24, 2.45) is 11.1 Å². The Morgan fingerprint density at radius 3 is 1.74 bits per heavy atom. The van der Waals surface area contributed by atoms with E-state index in [0.717, 1.165) is 27.8 Å². The largest absolute Gasteiger partial charge is 0.513 e. The molecule has 12 heteroatoms. The smallest absolute Gasteiger partial charge is 0.497 e. The van der Waals surface area contributed by atoms with Crippen LogP contribution in [0.5, 0.6) is 17.2 Å². The number of amides is 2. The number of carbonyl (C=O) groups is 3. The summed E-state index contributed by atoms with van der Waals surface area (Å²) in [5.41, 5.74) is 8.53. The maximum absolute atomic E-state index is 14.1. The predicted molar refractivity (Wildman–Crippen MR) is 233 cm³/mol. The Bertz CT molecular complexity index is 2290.